The van der Waals surface area contributed by atoms with E-state index in [1.54, 1.807) is 10.9 Å². The summed E-state index contributed by atoms with van der Waals surface area (Å²) in [5.74, 6) is 2.83. The Bertz CT molecular complexity index is 624. The molecule has 2 aliphatic rings. The molecular formula is C18H26N6O. The second kappa shape index (κ2) is 7.91. The Labute approximate surface area is 148 Å². The predicted molar refractivity (Wildman–Crippen MR) is 94.7 cm³/mol. The van der Waals surface area contributed by atoms with Gasteiger partial charge < -0.3 is 10.1 Å². The van der Waals surface area contributed by atoms with Crippen LogP contribution in [-0.4, -0.2) is 44.0 Å². The Kier molecular flexibility index (Phi) is 5.20. The third kappa shape index (κ3) is 4.34. The van der Waals surface area contributed by atoms with Crippen LogP contribution in [0.4, 0.5) is 5.95 Å². The van der Waals surface area contributed by atoms with Gasteiger partial charge in [0.2, 0.25) is 5.95 Å². The summed E-state index contributed by atoms with van der Waals surface area (Å²) in [5, 5.41) is 7.76. The van der Waals surface area contributed by atoms with Crippen LogP contribution in [0.1, 0.15) is 50.8 Å². The molecule has 0 atom stereocenters. The maximum atomic E-state index is 5.44. The van der Waals surface area contributed by atoms with Crippen LogP contribution in [0.25, 0.3) is 5.95 Å². The van der Waals surface area contributed by atoms with Crippen molar-refractivity contribution in [3.63, 3.8) is 0 Å². The summed E-state index contributed by atoms with van der Waals surface area (Å²) < 4.78 is 7.15. The maximum Gasteiger partial charge on any atom is 0.255 e. The molecule has 3 heterocycles. The average molecular weight is 342 g/mol. The van der Waals surface area contributed by atoms with Gasteiger partial charge in [-0.2, -0.15) is 20.1 Å². The predicted octanol–water partition coefficient (Wildman–Crippen LogP) is 2.77. The molecule has 4 rings (SSSR count). The first-order chi connectivity index (χ1) is 12.4. The minimum Gasteiger partial charge on any atom is -0.381 e. The maximum absolute atomic E-state index is 5.44. The third-order valence-corrected chi connectivity index (χ3v) is 5.13. The Morgan fingerprint density at radius 2 is 1.88 bits per heavy atom. The zero-order chi connectivity index (χ0) is 16.9. The molecule has 0 bridgehead atoms. The highest BCUT2D eigenvalue weighted by Crippen LogP contribution is 2.26. The Morgan fingerprint density at radius 1 is 1.04 bits per heavy atom. The minimum atomic E-state index is 0.365. The van der Waals surface area contributed by atoms with Crippen molar-refractivity contribution in [2.45, 2.75) is 57.4 Å². The highest BCUT2D eigenvalue weighted by molar-refractivity contribution is 5.30. The summed E-state index contributed by atoms with van der Waals surface area (Å²) in [6, 6.07) is 2.25. The first-order valence-corrected chi connectivity index (χ1v) is 9.46. The van der Waals surface area contributed by atoms with Crippen LogP contribution in [0.2, 0.25) is 0 Å². The van der Waals surface area contributed by atoms with Crippen molar-refractivity contribution in [1.29, 1.82) is 0 Å². The molecule has 0 aromatic carbocycles. The first-order valence-electron chi connectivity index (χ1n) is 9.46. The molecule has 1 aliphatic heterocycles. The summed E-state index contributed by atoms with van der Waals surface area (Å²) in [6.07, 6.45) is 13.1. The Hall–Kier alpha value is -2.02. The molecule has 0 spiro atoms. The molecule has 134 valence electrons. The molecule has 2 fully saturated rings. The molecular weight excluding hydrogens is 316 g/mol. The van der Waals surface area contributed by atoms with Gasteiger partial charge in [0, 0.05) is 38.1 Å². The van der Waals surface area contributed by atoms with Crippen LogP contribution < -0.4 is 5.32 Å². The summed E-state index contributed by atoms with van der Waals surface area (Å²) in [6.45, 7) is 1.59. The highest BCUT2D eigenvalue weighted by Gasteiger charge is 2.19. The molecule has 25 heavy (non-hydrogen) atoms. The fraction of sp³-hybridized carbons (Fsp3) is 0.667. The van der Waals surface area contributed by atoms with E-state index in [0.29, 0.717) is 23.9 Å². The number of hydrogen-bond donors (Lipinski definition) is 1. The van der Waals surface area contributed by atoms with Crippen molar-refractivity contribution < 1.29 is 4.74 Å². The number of aromatic nitrogens is 5. The molecule has 2 aromatic rings. The lowest BCUT2D eigenvalue weighted by molar-refractivity contribution is 0.0903. The standard InChI is InChI=1S/C18H26N6O/c1-2-5-14(6-3-1)13-16-21-17(20-15-7-11-25-12-8-15)23-18(22-16)24-10-4-9-19-24/h4,9-10,14-15H,1-3,5-8,11-13H2,(H,20,21,22,23). The normalized spacial score (nSPS) is 19.8. The van der Waals surface area contributed by atoms with Crippen LogP contribution in [-0.2, 0) is 11.2 Å². The van der Waals surface area contributed by atoms with Crippen LogP contribution in [0.3, 0.4) is 0 Å². The van der Waals surface area contributed by atoms with Gasteiger partial charge in [-0.3, -0.25) is 0 Å². The topological polar surface area (TPSA) is 77.8 Å². The zero-order valence-electron chi connectivity index (χ0n) is 14.6. The quantitative estimate of drug-likeness (QED) is 0.900. The van der Waals surface area contributed by atoms with Gasteiger partial charge in [-0.1, -0.05) is 32.1 Å². The second-order valence-electron chi connectivity index (χ2n) is 7.07. The first kappa shape index (κ1) is 16.4. The van der Waals surface area contributed by atoms with E-state index in [4.69, 9.17) is 9.72 Å². The van der Waals surface area contributed by atoms with E-state index < -0.39 is 0 Å². The molecule has 0 unspecified atom stereocenters. The van der Waals surface area contributed by atoms with Gasteiger partial charge in [0.05, 0.1) is 0 Å². The van der Waals surface area contributed by atoms with Gasteiger partial charge in [0.1, 0.15) is 5.82 Å². The second-order valence-corrected chi connectivity index (χ2v) is 7.07. The number of rotatable bonds is 5. The lowest BCUT2D eigenvalue weighted by Gasteiger charge is -2.24. The van der Waals surface area contributed by atoms with Crippen LogP contribution in [0.15, 0.2) is 18.5 Å². The molecule has 1 aliphatic carbocycles. The van der Waals surface area contributed by atoms with Crippen LogP contribution in [0, 0.1) is 5.92 Å². The average Bonchev–Trinajstić information content (AvgIpc) is 3.18. The van der Waals surface area contributed by atoms with Gasteiger partial charge >= 0.3 is 0 Å². The zero-order valence-corrected chi connectivity index (χ0v) is 14.6. The van der Waals surface area contributed by atoms with Gasteiger partial charge in [-0.15, -0.1) is 0 Å². The number of hydrogen-bond acceptors (Lipinski definition) is 6. The monoisotopic (exact) mass is 342 g/mol. The van der Waals surface area contributed by atoms with E-state index in [2.05, 4.69) is 20.4 Å². The van der Waals surface area contributed by atoms with E-state index in [-0.39, 0.29) is 0 Å². The number of anilines is 1. The van der Waals surface area contributed by atoms with Gasteiger partial charge in [-0.25, -0.2) is 4.68 Å². The van der Waals surface area contributed by atoms with Crippen molar-refractivity contribution in [3.05, 3.63) is 24.3 Å². The fourth-order valence-electron chi connectivity index (χ4n) is 3.73. The molecule has 1 saturated carbocycles. The molecule has 1 saturated heterocycles. The SMILES string of the molecule is c1cnn(-c2nc(CC3CCCCC3)nc(NC3CCOCC3)n2)c1. The van der Waals surface area contributed by atoms with Crippen LogP contribution >= 0.6 is 0 Å². The minimum absolute atomic E-state index is 0.365. The Morgan fingerprint density at radius 3 is 2.64 bits per heavy atom. The number of nitrogens with zero attached hydrogens (tertiary/aromatic N) is 5. The van der Waals surface area contributed by atoms with Crippen LogP contribution in [0.5, 0.6) is 0 Å². The smallest absolute Gasteiger partial charge is 0.255 e. The molecule has 2 aromatic heterocycles. The third-order valence-electron chi connectivity index (χ3n) is 5.13. The summed E-state index contributed by atoms with van der Waals surface area (Å²) in [7, 11) is 0. The summed E-state index contributed by atoms with van der Waals surface area (Å²) in [5.41, 5.74) is 0. The van der Waals surface area contributed by atoms with E-state index in [1.165, 1.54) is 32.1 Å². The molecule has 0 radical (unpaired) electrons. The highest BCUT2D eigenvalue weighted by atomic mass is 16.5. The fourth-order valence-corrected chi connectivity index (χ4v) is 3.73. The largest absolute Gasteiger partial charge is 0.381 e. The van der Waals surface area contributed by atoms with Gasteiger partial charge in [0.25, 0.3) is 5.95 Å². The lowest BCUT2D eigenvalue weighted by Crippen LogP contribution is -2.29. The van der Waals surface area contributed by atoms with E-state index in [1.807, 2.05) is 12.3 Å². The van der Waals surface area contributed by atoms with Gasteiger partial charge in [0.15, 0.2) is 0 Å². The van der Waals surface area contributed by atoms with Crippen molar-refractivity contribution in [2.75, 3.05) is 18.5 Å². The van der Waals surface area contributed by atoms with E-state index >= 15 is 0 Å². The van der Waals surface area contributed by atoms with Crippen molar-refractivity contribution in [3.8, 4) is 5.95 Å². The van der Waals surface area contributed by atoms with E-state index in [0.717, 1.165) is 38.3 Å². The van der Waals surface area contributed by atoms with E-state index in [9.17, 15) is 0 Å². The van der Waals surface area contributed by atoms with Gasteiger partial charge in [-0.05, 0) is 24.8 Å². The molecule has 7 nitrogen and oxygen atoms in total. The number of nitrogens with one attached hydrogen (secondary N) is 1. The molecule has 7 heteroatoms. The molecule has 0 amide bonds. The number of ether oxygens (including phenoxy) is 1. The summed E-state index contributed by atoms with van der Waals surface area (Å²) >= 11 is 0. The van der Waals surface area contributed by atoms with Crippen molar-refractivity contribution in [1.82, 2.24) is 24.7 Å². The summed E-state index contributed by atoms with van der Waals surface area (Å²) in [4.78, 5) is 14.0. The lowest BCUT2D eigenvalue weighted by atomic mass is 9.87. The van der Waals surface area contributed by atoms with Crippen molar-refractivity contribution >= 4 is 5.95 Å². The molecule has 1 N–H and O–H groups in total. The Balaban J connectivity index is 1.55. The van der Waals surface area contributed by atoms with Crippen molar-refractivity contribution in [2.24, 2.45) is 5.92 Å².